The van der Waals surface area contributed by atoms with E-state index in [1.807, 2.05) is 54.6 Å². The largest absolute Gasteiger partial charge is 0.464 e. The van der Waals surface area contributed by atoms with E-state index >= 15 is 0 Å². The third-order valence-corrected chi connectivity index (χ3v) is 6.09. The summed E-state index contributed by atoms with van der Waals surface area (Å²) in [6, 6.07) is 17.4. The zero-order valence-electron chi connectivity index (χ0n) is 20.0. The summed E-state index contributed by atoms with van der Waals surface area (Å²) in [7, 11) is 3.04. The number of amides is 1. The van der Waals surface area contributed by atoms with Crippen LogP contribution >= 0.6 is 0 Å². The maximum absolute atomic E-state index is 12.9. The van der Waals surface area contributed by atoms with Gasteiger partial charge in [0, 0.05) is 25.4 Å². The first-order chi connectivity index (χ1) is 17.5. The quantitative estimate of drug-likeness (QED) is 0.359. The summed E-state index contributed by atoms with van der Waals surface area (Å²) >= 11 is 0. The van der Waals surface area contributed by atoms with Crippen LogP contribution in [0.2, 0.25) is 0 Å². The topological polar surface area (TPSA) is 104 Å². The molecule has 0 aliphatic carbocycles. The highest BCUT2D eigenvalue weighted by molar-refractivity contribution is 6.11. The first-order valence-corrected chi connectivity index (χ1v) is 11.6. The number of methoxy groups -OCH3 is 1. The standard InChI is InChI=1S/C27H26N4O5/c1-31-25(27(33)34-2)24(30-23(32)11-9-17-6-4-3-5-7-17)20-13-19(15-29-26(20)31)28-14-18-8-10-21-22(12-18)36-16-35-21/h3-8,10,12-13,15,28H,9,11,14,16H2,1-2H3,(H,30,32). The third kappa shape index (κ3) is 4.68. The van der Waals surface area contributed by atoms with Crippen molar-refractivity contribution >= 4 is 34.3 Å². The van der Waals surface area contributed by atoms with E-state index in [1.165, 1.54) is 7.11 Å². The van der Waals surface area contributed by atoms with Crippen LogP contribution in [0.15, 0.2) is 60.8 Å². The molecule has 9 heteroatoms. The maximum Gasteiger partial charge on any atom is 0.356 e. The van der Waals surface area contributed by atoms with Gasteiger partial charge in [0.2, 0.25) is 12.7 Å². The molecule has 9 nitrogen and oxygen atoms in total. The molecule has 0 atom stereocenters. The highest BCUT2D eigenvalue weighted by Crippen LogP contribution is 2.34. The van der Waals surface area contributed by atoms with E-state index in [0.717, 1.165) is 22.6 Å². The fourth-order valence-electron chi connectivity index (χ4n) is 4.23. The van der Waals surface area contributed by atoms with Gasteiger partial charge in [-0.25, -0.2) is 9.78 Å². The fourth-order valence-corrected chi connectivity index (χ4v) is 4.23. The van der Waals surface area contributed by atoms with Crippen LogP contribution in [-0.4, -0.2) is 35.3 Å². The second-order valence-electron chi connectivity index (χ2n) is 8.44. The van der Waals surface area contributed by atoms with Gasteiger partial charge in [-0.15, -0.1) is 0 Å². The highest BCUT2D eigenvalue weighted by atomic mass is 16.7. The summed E-state index contributed by atoms with van der Waals surface area (Å²) in [4.78, 5) is 30.0. The predicted octanol–water partition coefficient (Wildman–Crippen LogP) is 4.27. The zero-order valence-corrected chi connectivity index (χ0v) is 20.0. The summed E-state index contributed by atoms with van der Waals surface area (Å²) in [6.07, 6.45) is 2.56. The van der Waals surface area contributed by atoms with Gasteiger partial charge in [0.1, 0.15) is 5.65 Å². The minimum Gasteiger partial charge on any atom is -0.464 e. The molecule has 2 aromatic heterocycles. The molecule has 0 radical (unpaired) electrons. The van der Waals surface area contributed by atoms with Crippen molar-refractivity contribution in [3.63, 3.8) is 0 Å². The van der Waals surface area contributed by atoms with Crippen molar-refractivity contribution in [2.45, 2.75) is 19.4 Å². The van der Waals surface area contributed by atoms with E-state index < -0.39 is 5.97 Å². The van der Waals surface area contributed by atoms with Gasteiger partial charge in [-0.3, -0.25) is 4.79 Å². The molecule has 0 saturated heterocycles. The maximum atomic E-state index is 12.9. The lowest BCUT2D eigenvalue weighted by Gasteiger charge is -2.09. The average molecular weight is 487 g/mol. The molecule has 184 valence electrons. The SMILES string of the molecule is COC(=O)c1c(NC(=O)CCc2ccccc2)c2cc(NCc3ccc4c(c3)OCO4)cnc2n1C. The fraction of sp³-hybridized carbons (Fsp3) is 0.222. The average Bonchev–Trinajstić information content (AvgIpc) is 3.48. The van der Waals surface area contributed by atoms with E-state index in [0.29, 0.717) is 35.4 Å². The minimum absolute atomic E-state index is 0.199. The molecular weight excluding hydrogens is 460 g/mol. The molecule has 2 N–H and O–H groups in total. The smallest absolute Gasteiger partial charge is 0.356 e. The number of benzene rings is 2. The number of nitrogens with one attached hydrogen (secondary N) is 2. The number of hydrogen-bond donors (Lipinski definition) is 2. The van der Waals surface area contributed by atoms with E-state index in [4.69, 9.17) is 14.2 Å². The number of aryl methyl sites for hydroxylation is 2. The summed E-state index contributed by atoms with van der Waals surface area (Å²) in [6.45, 7) is 0.752. The molecule has 5 rings (SSSR count). The van der Waals surface area contributed by atoms with Crippen LogP contribution in [0.4, 0.5) is 11.4 Å². The lowest BCUT2D eigenvalue weighted by Crippen LogP contribution is -2.16. The van der Waals surface area contributed by atoms with E-state index in [-0.39, 0.29) is 24.8 Å². The van der Waals surface area contributed by atoms with Crippen molar-refractivity contribution in [1.29, 1.82) is 0 Å². The van der Waals surface area contributed by atoms with Gasteiger partial charge in [0.25, 0.3) is 0 Å². The Labute approximate surface area is 208 Å². The Kier molecular flexibility index (Phi) is 6.44. The number of esters is 1. The number of pyridine rings is 1. The first-order valence-electron chi connectivity index (χ1n) is 11.6. The molecule has 1 aliphatic rings. The number of anilines is 2. The van der Waals surface area contributed by atoms with Crippen LogP contribution < -0.4 is 20.1 Å². The van der Waals surface area contributed by atoms with Gasteiger partial charge in [0.05, 0.1) is 24.7 Å². The lowest BCUT2D eigenvalue weighted by molar-refractivity contribution is -0.116. The molecule has 0 fully saturated rings. The lowest BCUT2D eigenvalue weighted by atomic mass is 10.1. The molecule has 1 aliphatic heterocycles. The molecule has 0 unspecified atom stereocenters. The van der Waals surface area contributed by atoms with Crippen molar-refractivity contribution in [2.75, 3.05) is 24.5 Å². The number of carbonyl (C=O) groups excluding carboxylic acids is 2. The van der Waals surface area contributed by atoms with Crippen molar-refractivity contribution in [2.24, 2.45) is 7.05 Å². The van der Waals surface area contributed by atoms with E-state index in [9.17, 15) is 9.59 Å². The van der Waals surface area contributed by atoms with Crippen LogP contribution in [0.3, 0.4) is 0 Å². The molecule has 0 spiro atoms. The van der Waals surface area contributed by atoms with E-state index in [2.05, 4.69) is 15.6 Å². The van der Waals surface area contributed by atoms with Gasteiger partial charge in [-0.05, 0) is 35.7 Å². The van der Waals surface area contributed by atoms with Gasteiger partial charge in [0.15, 0.2) is 17.2 Å². The molecule has 1 amide bonds. The van der Waals surface area contributed by atoms with Gasteiger partial charge in [-0.2, -0.15) is 0 Å². The molecule has 36 heavy (non-hydrogen) atoms. The molecule has 3 heterocycles. The minimum atomic E-state index is -0.552. The second kappa shape index (κ2) is 9.99. The number of ether oxygens (including phenoxy) is 3. The van der Waals surface area contributed by atoms with Crippen molar-refractivity contribution in [3.8, 4) is 11.5 Å². The van der Waals surface area contributed by atoms with Crippen LogP contribution in [-0.2, 0) is 29.5 Å². The van der Waals surface area contributed by atoms with Gasteiger partial charge in [-0.1, -0.05) is 36.4 Å². The normalized spacial score (nSPS) is 11.9. The summed E-state index contributed by atoms with van der Waals surface area (Å²) in [5.74, 6) is 0.697. The first kappa shape index (κ1) is 23.2. The summed E-state index contributed by atoms with van der Waals surface area (Å²) in [5, 5.41) is 6.92. The number of rotatable bonds is 8. The van der Waals surface area contributed by atoms with E-state index in [1.54, 1.807) is 17.8 Å². The van der Waals surface area contributed by atoms with Crippen molar-refractivity contribution in [1.82, 2.24) is 9.55 Å². The number of hydrogen-bond acceptors (Lipinski definition) is 7. The van der Waals surface area contributed by atoms with Gasteiger partial charge < -0.3 is 29.4 Å². The Morgan fingerprint density at radius 2 is 1.86 bits per heavy atom. The molecular formula is C27H26N4O5. The van der Waals surface area contributed by atoms with Crippen LogP contribution in [0, 0.1) is 0 Å². The number of carbonyl (C=O) groups is 2. The van der Waals surface area contributed by atoms with Crippen LogP contribution in [0.5, 0.6) is 11.5 Å². The second-order valence-corrected chi connectivity index (χ2v) is 8.44. The van der Waals surface area contributed by atoms with Crippen molar-refractivity contribution in [3.05, 3.63) is 77.6 Å². The number of fused-ring (bicyclic) bond motifs is 2. The Hall–Kier alpha value is -4.53. The molecule has 2 aromatic carbocycles. The number of nitrogens with zero attached hydrogens (tertiary/aromatic N) is 2. The van der Waals surface area contributed by atoms with Gasteiger partial charge >= 0.3 is 5.97 Å². The van der Waals surface area contributed by atoms with Crippen molar-refractivity contribution < 1.29 is 23.8 Å². The molecule has 4 aromatic rings. The Balaban J connectivity index is 1.39. The summed E-state index contributed by atoms with van der Waals surface area (Å²) < 4.78 is 17.4. The van der Waals surface area contributed by atoms with Crippen LogP contribution in [0.25, 0.3) is 11.0 Å². The molecule has 0 bridgehead atoms. The molecule has 0 saturated carbocycles. The highest BCUT2D eigenvalue weighted by Gasteiger charge is 2.24. The summed E-state index contributed by atoms with van der Waals surface area (Å²) in [5.41, 5.74) is 3.99. The monoisotopic (exact) mass is 486 g/mol. The predicted molar refractivity (Wildman–Crippen MR) is 135 cm³/mol. The Morgan fingerprint density at radius 3 is 2.67 bits per heavy atom. The zero-order chi connectivity index (χ0) is 25.1. The third-order valence-electron chi connectivity index (χ3n) is 6.09. The number of aromatic nitrogens is 2. The Morgan fingerprint density at radius 1 is 1.06 bits per heavy atom. The van der Waals surface area contributed by atoms with Crippen LogP contribution in [0.1, 0.15) is 28.0 Å². The Bertz CT molecular complexity index is 1430.